The molecule has 0 spiro atoms. The fraction of sp³-hybridized carbons (Fsp3) is 0.778. The summed E-state index contributed by atoms with van der Waals surface area (Å²) in [5.74, 6) is 1.47. The van der Waals surface area contributed by atoms with Gasteiger partial charge in [0.15, 0.2) is 5.82 Å². The van der Waals surface area contributed by atoms with Gasteiger partial charge in [0, 0.05) is 44.3 Å². The SMILES string of the molecule is CC(C)(C)c1noc(CCCC(=O)NCCN2CCCCCC2=O)n1. The number of hydrogen-bond acceptors (Lipinski definition) is 5. The Labute approximate surface area is 149 Å². The molecule has 0 unspecified atom stereocenters. The molecule has 1 fully saturated rings. The fourth-order valence-corrected chi connectivity index (χ4v) is 2.75. The lowest BCUT2D eigenvalue weighted by atomic mass is 9.96. The second-order valence-electron chi connectivity index (χ2n) is 7.66. The lowest BCUT2D eigenvalue weighted by Crippen LogP contribution is -2.38. The first kappa shape index (κ1) is 19.4. The van der Waals surface area contributed by atoms with Crippen molar-refractivity contribution < 1.29 is 14.1 Å². The average Bonchev–Trinajstić information content (AvgIpc) is 2.93. The summed E-state index contributed by atoms with van der Waals surface area (Å²) in [6, 6.07) is 0. The zero-order valence-corrected chi connectivity index (χ0v) is 15.6. The summed E-state index contributed by atoms with van der Waals surface area (Å²) >= 11 is 0. The van der Waals surface area contributed by atoms with E-state index in [0.29, 0.717) is 50.5 Å². The molecule has 1 aromatic rings. The zero-order chi connectivity index (χ0) is 18.3. The van der Waals surface area contributed by atoms with Crippen molar-refractivity contribution in [3.05, 3.63) is 11.7 Å². The van der Waals surface area contributed by atoms with Crippen LogP contribution in [-0.2, 0) is 21.4 Å². The minimum Gasteiger partial charge on any atom is -0.354 e. The van der Waals surface area contributed by atoms with E-state index in [0.717, 1.165) is 25.8 Å². The highest BCUT2D eigenvalue weighted by Gasteiger charge is 2.21. The number of rotatable bonds is 7. The van der Waals surface area contributed by atoms with Gasteiger partial charge in [0.25, 0.3) is 0 Å². The van der Waals surface area contributed by atoms with Crippen LogP contribution in [0.25, 0.3) is 0 Å². The Balaban J connectivity index is 1.62. The van der Waals surface area contributed by atoms with Crippen molar-refractivity contribution in [2.75, 3.05) is 19.6 Å². The van der Waals surface area contributed by atoms with Crippen LogP contribution in [0.5, 0.6) is 0 Å². The summed E-state index contributed by atoms with van der Waals surface area (Å²) < 4.78 is 5.22. The number of nitrogens with zero attached hydrogens (tertiary/aromatic N) is 3. The highest BCUT2D eigenvalue weighted by Crippen LogP contribution is 2.18. The summed E-state index contributed by atoms with van der Waals surface area (Å²) in [5.41, 5.74) is -0.135. The van der Waals surface area contributed by atoms with Gasteiger partial charge in [0.2, 0.25) is 17.7 Å². The average molecular weight is 350 g/mol. The molecule has 25 heavy (non-hydrogen) atoms. The Bertz CT molecular complexity index is 577. The van der Waals surface area contributed by atoms with Crippen molar-refractivity contribution in [3.8, 4) is 0 Å². The first-order valence-corrected chi connectivity index (χ1v) is 9.24. The third-order valence-electron chi connectivity index (χ3n) is 4.31. The quantitative estimate of drug-likeness (QED) is 0.814. The maximum atomic E-state index is 11.9. The summed E-state index contributed by atoms with van der Waals surface area (Å²) in [7, 11) is 0. The maximum Gasteiger partial charge on any atom is 0.226 e. The molecule has 1 N–H and O–H groups in total. The standard InChI is InChI=1S/C18H30N4O3/c1-18(2,3)17-20-15(25-21-17)9-7-8-14(23)19-11-13-22-12-6-4-5-10-16(22)24/h4-13H2,1-3H3,(H,19,23). The molecular formula is C18H30N4O3. The second kappa shape index (κ2) is 8.97. The van der Waals surface area contributed by atoms with Crippen molar-refractivity contribution in [2.24, 2.45) is 0 Å². The van der Waals surface area contributed by atoms with Crippen LogP contribution in [0.2, 0.25) is 0 Å². The minimum atomic E-state index is -0.135. The van der Waals surface area contributed by atoms with E-state index in [1.165, 1.54) is 0 Å². The molecule has 1 aliphatic rings. The monoisotopic (exact) mass is 350 g/mol. The van der Waals surface area contributed by atoms with E-state index in [-0.39, 0.29) is 17.2 Å². The summed E-state index contributed by atoms with van der Waals surface area (Å²) in [5, 5.41) is 6.86. The number of carbonyl (C=O) groups excluding carboxylic acids is 2. The van der Waals surface area contributed by atoms with Crippen LogP contribution in [0, 0.1) is 0 Å². The van der Waals surface area contributed by atoms with E-state index >= 15 is 0 Å². The normalized spacial score (nSPS) is 16.0. The van der Waals surface area contributed by atoms with Gasteiger partial charge in [-0.05, 0) is 19.3 Å². The number of carbonyl (C=O) groups is 2. The summed E-state index contributed by atoms with van der Waals surface area (Å²) in [4.78, 5) is 30.0. The van der Waals surface area contributed by atoms with E-state index in [4.69, 9.17) is 4.52 Å². The fourth-order valence-electron chi connectivity index (χ4n) is 2.75. The molecule has 1 saturated heterocycles. The van der Waals surface area contributed by atoms with Gasteiger partial charge in [0.05, 0.1) is 0 Å². The van der Waals surface area contributed by atoms with Gasteiger partial charge in [-0.2, -0.15) is 4.98 Å². The van der Waals surface area contributed by atoms with Gasteiger partial charge in [0.1, 0.15) is 0 Å². The number of amides is 2. The van der Waals surface area contributed by atoms with E-state index in [1.807, 2.05) is 25.7 Å². The molecular weight excluding hydrogens is 320 g/mol. The summed E-state index contributed by atoms with van der Waals surface area (Å²) in [6.07, 6.45) is 5.47. The molecule has 140 valence electrons. The topological polar surface area (TPSA) is 88.3 Å². The molecule has 7 nitrogen and oxygen atoms in total. The molecule has 1 aliphatic heterocycles. The number of likely N-dealkylation sites (tertiary alicyclic amines) is 1. The maximum absolute atomic E-state index is 11.9. The summed E-state index contributed by atoms with van der Waals surface area (Å²) in [6.45, 7) is 8.02. The number of hydrogen-bond donors (Lipinski definition) is 1. The van der Waals surface area contributed by atoms with Crippen LogP contribution in [0.3, 0.4) is 0 Å². The Morgan fingerprint density at radius 3 is 2.80 bits per heavy atom. The third-order valence-corrected chi connectivity index (χ3v) is 4.31. The van der Waals surface area contributed by atoms with Crippen molar-refractivity contribution in [1.82, 2.24) is 20.4 Å². The minimum absolute atomic E-state index is 0.00201. The van der Waals surface area contributed by atoms with Crippen LogP contribution >= 0.6 is 0 Å². The predicted molar refractivity (Wildman–Crippen MR) is 94.0 cm³/mol. The molecule has 0 aromatic carbocycles. The first-order chi connectivity index (χ1) is 11.9. The molecule has 0 bridgehead atoms. The second-order valence-corrected chi connectivity index (χ2v) is 7.66. The molecule has 0 atom stereocenters. The van der Waals surface area contributed by atoms with Crippen molar-refractivity contribution in [1.29, 1.82) is 0 Å². The van der Waals surface area contributed by atoms with Crippen LogP contribution < -0.4 is 5.32 Å². The van der Waals surface area contributed by atoms with Crippen molar-refractivity contribution in [3.63, 3.8) is 0 Å². The largest absolute Gasteiger partial charge is 0.354 e. The molecule has 2 rings (SSSR count). The molecule has 2 heterocycles. The lowest BCUT2D eigenvalue weighted by Gasteiger charge is -2.20. The van der Waals surface area contributed by atoms with Crippen LogP contribution in [0.4, 0.5) is 0 Å². The number of nitrogens with one attached hydrogen (secondary N) is 1. The van der Waals surface area contributed by atoms with Crippen molar-refractivity contribution >= 4 is 11.8 Å². The van der Waals surface area contributed by atoms with Gasteiger partial charge < -0.3 is 14.7 Å². The Hall–Kier alpha value is -1.92. The number of aryl methyl sites for hydroxylation is 1. The highest BCUT2D eigenvalue weighted by atomic mass is 16.5. The van der Waals surface area contributed by atoms with E-state index < -0.39 is 0 Å². The molecule has 1 aromatic heterocycles. The Morgan fingerprint density at radius 1 is 1.28 bits per heavy atom. The smallest absolute Gasteiger partial charge is 0.226 e. The van der Waals surface area contributed by atoms with E-state index in [2.05, 4.69) is 15.5 Å². The van der Waals surface area contributed by atoms with Crippen LogP contribution in [0.1, 0.15) is 71.0 Å². The van der Waals surface area contributed by atoms with Gasteiger partial charge >= 0.3 is 0 Å². The molecule has 0 saturated carbocycles. The lowest BCUT2D eigenvalue weighted by molar-refractivity contribution is -0.131. The van der Waals surface area contributed by atoms with Gasteiger partial charge in [-0.25, -0.2) is 0 Å². The molecule has 0 aliphatic carbocycles. The van der Waals surface area contributed by atoms with Crippen LogP contribution in [-0.4, -0.2) is 46.5 Å². The molecule has 0 radical (unpaired) electrons. The predicted octanol–water partition coefficient (Wildman–Crippen LogP) is 2.21. The van der Waals surface area contributed by atoms with E-state index in [1.54, 1.807) is 0 Å². The van der Waals surface area contributed by atoms with E-state index in [9.17, 15) is 9.59 Å². The number of aromatic nitrogens is 2. The van der Waals surface area contributed by atoms with Gasteiger partial charge in [-0.1, -0.05) is 32.3 Å². The first-order valence-electron chi connectivity index (χ1n) is 9.24. The molecule has 7 heteroatoms. The zero-order valence-electron chi connectivity index (χ0n) is 15.6. The van der Waals surface area contributed by atoms with Gasteiger partial charge in [-0.15, -0.1) is 0 Å². The Morgan fingerprint density at radius 2 is 2.08 bits per heavy atom. The molecule has 2 amide bonds. The Kier molecular flexibility index (Phi) is 6.96. The van der Waals surface area contributed by atoms with Crippen LogP contribution in [0.15, 0.2) is 4.52 Å². The highest BCUT2D eigenvalue weighted by molar-refractivity contribution is 5.77. The third kappa shape index (κ3) is 6.48. The van der Waals surface area contributed by atoms with Crippen molar-refractivity contribution in [2.45, 2.75) is 71.1 Å². The van der Waals surface area contributed by atoms with Gasteiger partial charge in [-0.3, -0.25) is 9.59 Å².